The number of benzene rings is 1. The highest BCUT2D eigenvalue weighted by Gasteiger charge is 2.32. The number of aryl methyl sites for hydroxylation is 1. The van der Waals surface area contributed by atoms with Gasteiger partial charge >= 0.3 is 5.97 Å². The molecule has 3 rings (SSSR count). The van der Waals surface area contributed by atoms with Crippen molar-refractivity contribution in [3.05, 3.63) is 45.9 Å². The molecule has 2 atom stereocenters. The molecule has 9 heteroatoms. The summed E-state index contributed by atoms with van der Waals surface area (Å²) in [6.45, 7) is 6.17. The molecule has 0 saturated carbocycles. The number of thiazole rings is 1. The summed E-state index contributed by atoms with van der Waals surface area (Å²) in [5.74, 6) is -0.582. The van der Waals surface area contributed by atoms with Gasteiger partial charge < -0.3 is 9.47 Å². The van der Waals surface area contributed by atoms with Gasteiger partial charge in [0, 0.05) is 18.5 Å². The minimum Gasteiger partial charge on any atom is -0.456 e. The van der Waals surface area contributed by atoms with Crippen LogP contribution in [0.5, 0.6) is 0 Å². The fourth-order valence-corrected chi connectivity index (χ4v) is 5.19. The van der Waals surface area contributed by atoms with E-state index in [4.69, 9.17) is 9.47 Å². The zero-order chi connectivity index (χ0) is 19.6. The molecular weight excluding hydrogens is 388 g/mol. The van der Waals surface area contributed by atoms with Gasteiger partial charge in [0.1, 0.15) is 6.61 Å². The molecule has 0 bridgehead atoms. The second-order valence-corrected chi connectivity index (χ2v) is 9.54. The summed E-state index contributed by atoms with van der Waals surface area (Å²) in [5.41, 5.74) is 0.864. The van der Waals surface area contributed by atoms with Gasteiger partial charge in [0.15, 0.2) is 0 Å². The number of sulfonamides is 1. The quantitative estimate of drug-likeness (QED) is 0.705. The second kappa shape index (κ2) is 8.05. The maximum absolute atomic E-state index is 12.9. The molecule has 7 nitrogen and oxygen atoms in total. The predicted molar refractivity (Wildman–Crippen MR) is 101 cm³/mol. The number of morpholine rings is 1. The van der Waals surface area contributed by atoms with E-state index in [1.165, 1.54) is 33.8 Å². The Balaban J connectivity index is 1.75. The van der Waals surface area contributed by atoms with Gasteiger partial charge in [-0.25, -0.2) is 18.2 Å². The molecule has 0 N–H and O–H groups in total. The van der Waals surface area contributed by atoms with Crippen molar-refractivity contribution in [2.24, 2.45) is 0 Å². The lowest BCUT2D eigenvalue weighted by atomic mass is 10.2. The average molecular weight is 411 g/mol. The van der Waals surface area contributed by atoms with E-state index >= 15 is 0 Å². The average Bonchev–Trinajstić information content (AvgIpc) is 3.04. The highest BCUT2D eigenvalue weighted by molar-refractivity contribution is 7.89. The van der Waals surface area contributed by atoms with E-state index in [1.54, 1.807) is 6.07 Å². The van der Waals surface area contributed by atoms with Crippen molar-refractivity contribution < 1.29 is 22.7 Å². The van der Waals surface area contributed by atoms with Crippen LogP contribution >= 0.6 is 11.3 Å². The predicted octanol–water partition coefficient (Wildman–Crippen LogP) is 2.61. The zero-order valence-electron chi connectivity index (χ0n) is 15.4. The van der Waals surface area contributed by atoms with E-state index in [1.807, 2.05) is 26.2 Å². The van der Waals surface area contributed by atoms with E-state index in [0.717, 1.165) is 5.01 Å². The number of nitrogens with zero attached hydrogens (tertiary/aromatic N) is 2. The molecule has 0 aliphatic carbocycles. The number of rotatable bonds is 5. The van der Waals surface area contributed by atoms with Crippen molar-refractivity contribution >= 4 is 27.3 Å². The van der Waals surface area contributed by atoms with Crippen LogP contribution in [0.2, 0.25) is 0 Å². The molecule has 27 heavy (non-hydrogen) atoms. The molecular formula is C18H22N2O5S2. The van der Waals surface area contributed by atoms with Crippen molar-refractivity contribution in [1.29, 1.82) is 0 Å². The molecule has 1 saturated heterocycles. The molecule has 146 valence electrons. The molecule has 0 amide bonds. The largest absolute Gasteiger partial charge is 0.456 e. The summed E-state index contributed by atoms with van der Waals surface area (Å²) in [4.78, 5) is 16.6. The summed E-state index contributed by atoms with van der Waals surface area (Å²) in [5, 5.41) is 2.72. The highest BCUT2D eigenvalue weighted by atomic mass is 32.2. The van der Waals surface area contributed by atoms with Gasteiger partial charge in [0.05, 0.1) is 33.4 Å². The van der Waals surface area contributed by atoms with Crippen molar-refractivity contribution in [3.8, 4) is 0 Å². The lowest BCUT2D eigenvalue weighted by Crippen LogP contribution is -2.48. The number of hydrogen-bond donors (Lipinski definition) is 0. The molecule has 2 unspecified atom stereocenters. The molecule has 1 aliphatic rings. The highest BCUT2D eigenvalue weighted by Crippen LogP contribution is 2.22. The minimum atomic E-state index is -3.71. The molecule has 2 aromatic rings. The second-order valence-electron chi connectivity index (χ2n) is 6.54. The fraction of sp³-hybridized carbons (Fsp3) is 0.444. The Labute approximate surface area is 163 Å². The molecule has 0 radical (unpaired) electrons. The van der Waals surface area contributed by atoms with E-state index in [-0.39, 0.29) is 42.4 Å². The SMILES string of the molecule is Cc1nc(COC(=O)c2cccc(S(=O)(=O)N3CC(C)OC(C)C3)c2)cs1. The Hall–Kier alpha value is -1.81. The number of esters is 1. The smallest absolute Gasteiger partial charge is 0.338 e. The van der Waals surface area contributed by atoms with Crippen LogP contribution in [-0.4, -0.2) is 49.0 Å². The first kappa shape index (κ1) is 19.9. The van der Waals surface area contributed by atoms with E-state index < -0.39 is 16.0 Å². The Morgan fingerprint density at radius 1 is 1.33 bits per heavy atom. The molecule has 1 aliphatic heterocycles. The normalized spacial score (nSPS) is 21.1. The summed E-state index contributed by atoms with van der Waals surface area (Å²) in [6.07, 6.45) is -0.364. The fourth-order valence-electron chi connectivity index (χ4n) is 2.96. The number of ether oxygens (including phenoxy) is 2. The first-order valence-electron chi connectivity index (χ1n) is 8.59. The van der Waals surface area contributed by atoms with Gasteiger partial charge in [-0.15, -0.1) is 11.3 Å². The van der Waals surface area contributed by atoms with Crippen LogP contribution in [0.4, 0.5) is 0 Å². The summed E-state index contributed by atoms with van der Waals surface area (Å²) in [7, 11) is -3.71. The van der Waals surface area contributed by atoms with Crippen LogP contribution in [0.1, 0.15) is 34.9 Å². The topological polar surface area (TPSA) is 85.8 Å². The first-order chi connectivity index (χ1) is 12.8. The van der Waals surface area contributed by atoms with Crippen molar-refractivity contribution in [3.63, 3.8) is 0 Å². The van der Waals surface area contributed by atoms with E-state index in [0.29, 0.717) is 5.69 Å². The standard InChI is InChI=1S/C18H22N2O5S2/c1-12-8-20(9-13(2)25-12)27(22,23)17-6-4-5-15(7-17)18(21)24-10-16-11-26-14(3)19-16/h4-7,11-13H,8-10H2,1-3H3. The third-order valence-electron chi connectivity index (χ3n) is 4.11. The Morgan fingerprint density at radius 2 is 2.04 bits per heavy atom. The number of aromatic nitrogens is 1. The number of carbonyl (C=O) groups is 1. The molecule has 0 spiro atoms. The molecule has 1 aromatic heterocycles. The van der Waals surface area contributed by atoms with E-state index in [9.17, 15) is 13.2 Å². The van der Waals surface area contributed by atoms with Gasteiger partial charge in [0.2, 0.25) is 10.0 Å². The van der Waals surface area contributed by atoms with E-state index in [2.05, 4.69) is 4.98 Å². The molecule has 1 fully saturated rings. The Kier molecular flexibility index (Phi) is 5.95. The summed E-state index contributed by atoms with van der Waals surface area (Å²) < 4.78 is 38.1. The maximum atomic E-state index is 12.9. The minimum absolute atomic E-state index is 0.0542. The Bertz CT molecular complexity index is 915. The van der Waals surface area contributed by atoms with Gasteiger partial charge in [-0.1, -0.05) is 6.07 Å². The van der Waals surface area contributed by atoms with Crippen LogP contribution in [0, 0.1) is 6.92 Å². The number of carbonyl (C=O) groups excluding carboxylic acids is 1. The van der Waals surface area contributed by atoms with Crippen molar-refractivity contribution in [1.82, 2.24) is 9.29 Å². The van der Waals surface area contributed by atoms with Crippen LogP contribution < -0.4 is 0 Å². The van der Waals surface area contributed by atoms with Crippen molar-refractivity contribution in [2.75, 3.05) is 13.1 Å². The Morgan fingerprint density at radius 3 is 2.67 bits per heavy atom. The van der Waals surface area contributed by atoms with Gasteiger partial charge in [-0.3, -0.25) is 0 Å². The maximum Gasteiger partial charge on any atom is 0.338 e. The summed E-state index contributed by atoms with van der Waals surface area (Å²) >= 11 is 1.48. The molecule has 1 aromatic carbocycles. The lowest BCUT2D eigenvalue weighted by molar-refractivity contribution is -0.0440. The number of hydrogen-bond acceptors (Lipinski definition) is 7. The molecule has 2 heterocycles. The third-order valence-corrected chi connectivity index (χ3v) is 6.76. The van der Waals surface area contributed by atoms with Crippen LogP contribution in [0.15, 0.2) is 34.5 Å². The van der Waals surface area contributed by atoms with Crippen LogP contribution in [0.3, 0.4) is 0 Å². The van der Waals surface area contributed by atoms with Gasteiger partial charge in [0.25, 0.3) is 0 Å². The zero-order valence-corrected chi connectivity index (χ0v) is 17.0. The van der Waals surface area contributed by atoms with Gasteiger partial charge in [-0.2, -0.15) is 4.31 Å². The first-order valence-corrected chi connectivity index (χ1v) is 10.9. The van der Waals surface area contributed by atoms with Crippen LogP contribution in [-0.2, 0) is 26.1 Å². The lowest BCUT2D eigenvalue weighted by Gasteiger charge is -2.34. The monoisotopic (exact) mass is 410 g/mol. The van der Waals surface area contributed by atoms with Crippen LogP contribution in [0.25, 0.3) is 0 Å². The van der Waals surface area contributed by atoms with Crippen molar-refractivity contribution in [2.45, 2.75) is 44.5 Å². The summed E-state index contributed by atoms with van der Waals surface area (Å²) in [6, 6.07) is 5.93. The third kappa shape index (κ3) is 4.73. The van der Waals surface area contributed by atoms with Gasteiger partial charge in [-0.05, 0) is 39.0 Å².